The van der Waals surface area contributed by atoms with E-state index in [-0.39, 0.29) is 17.1 Å². The Morgan fingerprint density at radius 1 is 1.67 bits per heavy atom. The van der Waals surface area contributed by atoms with Crippen molar-refractivity contribution in [3.63, 3.8) is 0 Å². The maximum atomic E-state index is 13.4. The molecule has 1 aromatic rings. The fourth-order valence-corrected chi connectivity index (χ4v) is 1.61. The molecular formula is C10H11ClFNO2. The fraction of sp³-hybridized carbons (Fsp3) is 0.300. The van der Waals surface area contributed by atoms with Gasteiger partial charge in [0.15, 0.2) is 0 Å². The largest absolute Gasteiger partial charge is 0.469 e. The maximum absolute atomic E-state index is 13.4. The van der Waals surface area contributed by atoms with Crippen LogP contribution in [0.2, 0.25) is 5.02 Å². The maximum Gasteiger partial charge on any atom is 0.314 e. The number of carbonyl (C=O) groups is 1. The molecule has 2 N–H and O–H groups in total. The first-order valence-electron chi connectivity index (χ1n) is 4.33. The molecule has 1 aromatic carbocycles. The molecule has 0 bridgehead atoms. The molecule has 5 heteroatoms. The van der Waals surface area contributed by atoms with Crippen LogP contribution in [0.4, 0.5) is 4.39 Å². The van der Waals surface area contributed by atoms with Gasteiger partial charge >= 0.3 is 5.97 Å². The van der Waals surface area contributed by atoms with Crippen LogP contribution in [-0.4, -0.2) is 19.6 Å². The predicted molar refractivity (Wildman–Crippen MR) is 55.2 cm³/mol. The van der Waals surface area contributed by atoms with Crippen LogP contribution in [0.5, 0.6) is 0 Å². The molecule has 1 atom stereocenters. The average Bonchev–Trinajstić information content (AvgIpc) is 2.22. The van der Waals surface area contributed by atoms with E-state index in [1.165, 1.54) is 25.3 Å². The number of hydrogen-bond donors (Lipinski definition) is 1. The zero-order valence-electron chi connectivity index (χ0n) is 8.17. The number of carbonyl (C=O) groups excluding carboxylic acids is 1. The third-order valence-electron chi connectivity index (χ3n) is 2.07. The second-order valence-corrected chi connectivity index (χ2v) is 3.35. The first-order valence-corrected chi connectivity index (χ1v) is 4.71. The lowest BCUT2D eigenvalue weighted by atomic mass is 9.99. The Labute approximate surface area is 92.0 Å². The van der Waals surface area contributed by atoms with E-state index in [0.717, 1.165) is 0 Å². The monoisotopic (exact) mass is 231 g/mol. The van der Waals surface area contributed by atoms with Crippen molar-refractivity contribution >= 4 is 17.6 Å². The first kappa shape index (κ1) is 11.9. The van der Waals surface area contributed by atoms with Gasteiger partial charge in [-0.15, -0.1) is 0 Å². The number of esters is 1. The Morgan fingerprint density at radius 2 is 2.33 bits per heavy atom. The van der Waals surface area contributed by atoms with Crippen LogP contribution in [0.1, 0.15) is 11.5 Å². The molecule has 0 aromatic heterocycles. The van der Waals surface area contributed by atoms with Crippen molar-refractivity contribution in [2.24, 2.45) is 5.73 Å². The van der Waals surface area contributed by atoms with E-state index in [9.17, 15) is 9.18 Å². The lowest BCUT2D eigenvalue weighted by Gasteiger charge is -2.14. The van der Waals surface area contributed by atoms with E-state index in [1.54, 1.807) is 0 Å². The third-order valence-corrected chi connectivity index (χ3v) is 2.40. The van der Waals surface area contributed by atoms with Crippen molar-refractivity contribution in [1.29, 1.82) is 0 Å². The molecule has 0 amide bonds. The SMILES string of the molecule is COC(=O)C(CN)c1c(F)cccc1Cl. The second-order valence-electron chi connectivity index (χ2n) is 2.95. The van der Waals surface area contributed by atoms with Gasteiger partial charge in [0.25, 0.3) is 0 Å². The minimum atomic E-state index is -0.858. The highest BCUT2D eigenvalue weighted by Crippen LogP contribution is 2.27. The Balaban J connectivity index is 3.17. The molecule has 0 spiro atoms. The van der Waals surface area contributed by atoms with Crippen LogP contribution in [0, 0.1) is 5.82 Å². The molecule has 0 heterocycles. The molecule has 0 saturated carbocycles. The second kappa shape index (κ2) is 5.09. The van der Waals surface area contributed by atoms with Gasteiger partial charge in [0.2, 0.25) is 0 Å². The Kier molecular flexibility index (Phi) is 4.05. The van der Waals surface area contributed by atoms with E-state index in [4.69, 9.17) is 17.3 Å². The molecule has 0 fully saturated rings. The summed E-state index contributed by atoms with van der Waals surface area (Å²) in [5, 5.41) is 0.177. The summed E-state index contributed by atoms with van der Waals surface area (Å²) in [7, 11) is 1.22. The molecule has 3 nitrogen and oxygen atoms in total. The van der Waals surface area contributed by atoms with Crippen LogP contribution in [0.25, 0.3) is 0 Å². The molecular weight excluding hydrogens is 221 g/mol. The van der Waals surface area contributed by atoms with Crippen molar-refractivity contribution in [3.05, 3.63) is 34.6 Å². The molecule has 1 rings (SSSR count). The summed E-state index contributed by atoms with van der Waals surface area (Å²) in [4.78, 5) is 11.3. The van der Waals surface area contributed by atoms with Crippen LogP contribution in [0.3, 0.4) is 0 Å². The first-order chi connectivity index (χ1) is 7.11. The average molecular weight is 232 g/mol. The summed E-state index contributed by atoms with van der Waals surface area (Å²) >= 11 is 5.80. The van der Waals surface area contributed by atoms with E-state index in [1.807, 2.05) is 0 Å². The predicted octanol–water partition coefficient (Wildman–Crippen LogP) is 1.69. The minimum absolute atomic E-state index is 0.0483. The summed E-state index contributed by atoms with van der Waals surface area (Å²) in [6.07, 6.45) is 0. The highest BCUT2D eigenvalue weighted by atomic mass is 35.5. The van der Waals surface area contributed by atoms with Gasteiger partial charge in [-0.2, -0.15) is 0 Å². The van der Waals surface area contributed by atoms with E-state index in [2.05, 4.69) is 4.74 Å². The summed E-state index contributed by atoms with van der Waals surface area (Å²) < 4.78 is 18.0. The number of hydrogen-bond acceptors (Lipinski definition) is 3. The number of nitrogens with two attached hydrogens (primary N) is 1. The molecule has 0 aliphatic rings. The molecule has 82 valence electrons. The fourth-order valence-electron chi connectivity index (χ4n) is 1.32. The van der Waals surface area contributed by atoms with Crippen molar-refractivity contribution < 1.29 is 13.9 Å². The molecule has 0 aliphatic carbocycles. The quantitative estimate of drug-likeness (QED) is 0.806. The molecule has 0 radical (unpaired) electrons. The number of methoxy groups -OCH3 is 1. The normalized spacial score (nSPS) is 12.3. The number of benzene rings is 1. The van der Waals surface area contributed by atoms with Crippen LogP contribution in [0.15, 0.2) is 18.2 Å². The van der Waals surface area contributed by atoms with Gasteiger partial charge in [-0.05, 0) is 12.1 Å². The lowest BCUT2D eigenvalue weighted by molar-refractivity contribution is -0.142. The van der Waals surface area contributed by atoms with E-state index < -0.39 is 17.7 Å². The standard InChI is InChI=1S/C10H11ClFNO2/c1-15-10(14)6(5-13)9-7(11)3-2-4-8(9)12/h2-4,6H,5,13H2,1H3. The minimum Gasteiger partial charge on any atom is -0.469 e. The number of rotatable bonds is 3. The number of ether oxygens (including phenoxy) is 1. The summed E-state index contributed by atoms with van der Waals surface area (Å²) in [6, 6.07) is 4.20. The highest BCUT2D eigenvalue weighted by Gasteiger charge is 2.25. The third kappa shape index (κ3) is 2.46. The van der Waals surface area contributed by atoms with Gasteiger partial charge in [0.1, 0.15) is 5.82 Å². The Morgan fingerprint density at radius 3 is 2.80 bits per heavy atom. The zero-order valence-corrected chi connectivity index (χ0v) is 8.92. The summed E-state index contributed by atoms with van der Waals surface area (Å²) in [5.41, 5.74) is 5.48. The smallest absolute Gasteiger partial charge is 0.314 e. The van der Waals surface area contributed by atoms with Crippen molar-refractivity contribution in [1.82, 2.24) is 0 Å². The summed E-state index contributed by atoms with van der Waals surface area (Å²) in [6.45, 7) is -0.0483. The molecule has 15 heavy (non-hydrogen) atoms. The van der Waals surface area contributed by atoms with E-state index >= 15 is 0 Å². The van der Waals surface area contributed by atoms with Gasteiger partial charge in [0.05, 0.1) is 13.0 Å². The molecule has 0 aliphatic heterocycles. The van der Waals surface area contributed by atoms with Crippen LogP contribution >= 0.6 is 11.6 Å². The van der Waals surface area contributed by atoms with Crippen molar-refractivity contribution in [2.45, 2.75) is 5.92 Å². The zero-order chi connectivity index (χ0) is 11.4. The van der Waals surface area contributed by atoms with Crippen LogP contribution in [-0.2, 0) is 9.53 Å². The lowest BCUT2D eigenvalue weighted by Crippen LogP contribution is -2.24. The van der Waals surface area contributed by atoms with Crippen molar-refractivity contribution in [2.75, 3.05) is 13.7 Å². The van der Waals surface area contributed by atoms with E-state index in [0.29, 0.717) is 0 Å². The van der Waals surface area contributed by atoms with Gasteiger partial charge in [-0.25, -0.2) is 4.39 Å². The Hall–Kier alpha value is -1.13. The molecule has 1 unspecified atom stereocenters. The topological polar surface area (TPSA) is 52.3 Å². The van der Waals surface area contributed by atoms with Gasteiger partial charge in [-0.1, -0.05) is 17.7 Å². The molecule has 0 saturated heterocycles. The van der Waals surface area contributed by atoms with Gasteiger partial charge in [-0.3, -0.25) is 4.79 Å². The number of halogens is 2. The van der Waals surface area contributed by atoms with Gasteiger partial charge in [0, 0.05) is 17.1 Å². The highest BCUT2D eigenvalue weighted by molar-refractivity contribution is 6.31. The summed E-state index contributed by atoms with van der Waals surface area (Å²) in [5.74, 6) is -2.00. The Bertz CT molecular complexity index is 350. The van der Waals surface area contributed by atoms with Gasteiger partial charge < -0.3 is 10.5 Å². The van der Waals surface area contributed by atoms with Crippen LogP contribution < -0.4 is 5.73 Å². The van der Waals surface area contributed by atoms with Crippen molar-refractivity contribution in [3.8, 4) is 0 Å².